The summed E-state index contributed by atoms with van der Waals surface area (Å²) >= 11 is 0. The number of carbonyl (C=O) groups is 2. The molecule has 54 heavy (non-hydrogen) atoms. The van der Waals surface area contributed by atoms with Crippen LogP contribution in [0, 0.1) is 0 Å². The quantitative estimate of drug-likeness (QED) is 0.0547. The van der Waals surface area contributed by atoms with Gasteiger partial charge in [-0.15, -0.1) is 0 Å². The molecule has 0 fully saturated rings. The normalized spacial score (nSPS) is 13.4. The van der Waals surface area contributed by atoms with E-state index in [0.29, 0.717) is 12.8 Å². The van der Waals surface area contributed by atoms with Crippen molar-refractivity contribution in [3.05, 3.63) is 146 Å². The van der Waals surface area contributed by atoms with E-state index in [2.05, 4.69) is 135 Å². The Balaban J connectivity index is 0. The highest BCUT2D eigenvalue weighted by Gasteiger charge is 2.15. The standard InChI is InChI=1S/C47H68O5.CH3O/c1-3-5-7-9-11-13-15-17-19-21-23-25-27-29-31-33-35-37-39-41-46(49)51-44-45(43-48)52-47(50)42-40-38-36-34-32-30-28-26-24-22-20-18-16-14-12-10-8-6-4-2;1-2/h5-8,11-14,17-20,23-26,29-32,35-38,45,48H,3-4,9-10,15-16,21-22,27-28,33-34,39-44H2,1-2H3;1H3/b7-5-,8-6-,13-11-,14-12-,19-17-,20-18-,25-23-,26-24-,31-29-,32-30-,37-35-,38-36-;/t45-;/m0./s1. The van der Waals surface area contributed by atoms with Gasteiger partial charge in [0, 0.05) is 12.8 Å². The molecule has 1 N–H and O–H groups in total. The van der Waals surface area contributed by atoms with Crippen molar-refractivity contribution >= 4 is 11.9 Å². The van der Waals surface area contributed by atoms with Crippen LogP contribution in [0.5, 0.6) is 0 Å². The third-order valence-corrected chi connectivity index (χ3v) is 7.16. The molecule has 6 heteroatoms. The summed E-state index contributed by atoms with van der Waals surface area (Å²) in [5, 5.41) is 17.8. The van der Waals surface area contributed by atoms with Crippen molar-refractivity contribution in [1.29, 1.82) is 0 Å². The maximum absolute atomic E-state index is 12.1. The van der Waals surface area contributed by atoms with Gasteiger partial charge in [0.2, 0.25) is 0 Å². The number of rotatable bonds is 32. The summed E-state index contributed by atoms with van der Waals surface area (Å²) in [6.45, 7) is 3.74. The van der Waals surface area contributed by atoms with Crippen LogP contribution in [0.3, 0.4) is 0 Å². The Labute approximate surface area is 329 Å². The summed E-state index contributed by atoms with van der Waals surface area (Å²) in [4.78, 5) is 24.2. The fourth-order valence-corrected chi connectivity index (χ4v) is 4.31. The Kier molecular flexibility index (Phi) is 44.9. The molecular weight excluding hydrogens is 673 g/mol. The van der Waals surface area contributed by atoms with E-state index in [9.17, 15) is 14.7 Å². The highest BCUT2D eigenvalue weighted by Crippen LogP contribution is 2.04. The van der Waals surface area contributed by atoms with Crippen LogP contribution in [0.4, 0.5) is 0 Å². The number of aliphatic hydroxyl groups excluding tert-OH is 1. The van der Waals surface area contributed by atoms with Gasteiger partial charge in [0.1, 0.15) is 6.61 Å². The molecule has 0 aliphatic heterocycles. The van der Waals surface area contributed by atoms with Gasteiger partial charge in [-0.25, -0.2) is 5.11 Å². The second kappa shape index (κ2) is 46.8. The molecule has 0 aliphatic rings. The molecule has 0 saturated heterocycles. The Morgan fingerprint density at radius 2 is 0.685 bits per heavy atom. The molecule has 0 rings (SSSR count). The van der Waals surface area contributed by atoms with Crippen LogP contribution >= 0.6 is 0 Å². The molecule has 1 radical (unpaired) electrons. The average Bonchev–Trinajstić information content (AvgIpc) is 3.19. The lowest BCUT2D eigenvalue weighted by Crippen LogP contribution is -2.28. The molecule has 0 heterocycles. The van der Waals surface area contributed by atoms with Gasteiger partial charge in [0.05, 0.1) is 13.7 Å². The predicted molar refractivity (Wildman–Crippen MR) is 229 cm³/mol. The van der Waals surface area contributed by atoms with Gasteiger partial charge < -0.3 is 14.6 Å². The smallest absolute Gasteiger partial charge is 0.306 e. The van der Waals surface area contributed by atoms with Crippen molar-refractivity contribution in [2.45, 2.75) is 123 Å². The molecular formula is C48H71O6. The summed E-state index contributed by atoms with van der Waals surface area (Å²) in [6, 6.07) is 0. The van der Waals surface area contributed by atoms with Crippen LogP contribution in [0.25, 0.3) is 0 Å². The van der Waals surface area contributed by atoms with E-state index >= 15 is 0 Å². The minimum Gasteiger partial charge on any atom is -0.462 e. The average molecular weight is 744 g/mol. The fraction of sp³-hybridized carbons (Fsp3) is 0.458. The third kappa shape index (κ3) is 43.9. The molecule has 0 bridgehead atoms. The number of aliphatic hydroxyl groups is 1. The SMILES string of the molecule is CC/C=C\C/C=C\C/C=C\C/C=C\C/C=C\C/C=C\CCC(=O)OC[C@H](CO)OC(=O)CC/C=C\C/C=C\C/C=C\C/C=C\C/C=C\C/C=C\CC.C[O]. The van der Waals surface area contributed by atoms with Crippen LogP contribution in [-0.2, 0) is 24.2 Å². The van der Waals surface area contributed by atoms with E-state index in [4.69, 9.17) is 14.6 Å². The molecule has 1 atom stereocenters. The number of carbonyl (C=O) groups excluding carboxylic acids is 2. The topological polar surface area (TPSA) is 92.7 Å². The van der Waals surface area contributed by atoms with E-state index in [0.717, 1.165) is 84.2 Å². The van der Waals surface area contributed by atoms with Crippen molar-refractivity contribution in [3.63, 3.8) is 0 Å². The minimum atomic E-state index is -0.854. The largest absolute Gasteiger partial charge is 0.462 e. The molecule has 0 unspecified atom stereocenters. The second-order valence-electron chi connectivity index (χ2n) is 11.9. The van der Waals surface area contributed by atoms with Gasteiger partial charge in [-0.3, -0.25) is 9.59 Å². The van der Waals surface area contributed by atoms with E-state index in [1.54, 1.807) is 0 Å². The number of allylic oxidation sites excluding steroid dienone is 24. The number of hydrogen-bond donors (Lipinski definition) is 1. The Hall–Kier alpha value is -4.26. The molecule has 0 aromatic heterocycles. The lowest BCUT2D eigenvalue weighted by atomic mass is 10.2. The summed E-state index contributed by atoms with van der Waals surface area (Å²) in [5.41, 5.74) is 0. The number of ether oxygens (including phenoxy) is 2. The molecule has 0 saturated carbocycles. The highest BCUT2D eigenvalue weighted by atomic mass is 16.6. The van der Waals surface area contributed by atoms with E-state index < -0.39 is 18.7 Å². The minimum absolute atomic E-state index is 0.148. The molecule has 0 amide bonds. The van der Waals surface area contributed by atoms with Gasteiger partial charge in [-0.2, -0.15) is 0 Å². The molecule has 299 valence electrons. The van der Waals surface area contributed by atoms with Crippen molar-refractivity contribution in [2.75, 3.05) is 20.3 Å². The van der Waals surface area contributed by atoms with Crippen LogP contribution in [-0.4, -0.2) is 43.5 Å². The van der Waals surface area contributed by atoms with Crippen molar-refractivity contribution in [2.24, 2.45) is 0 Å². The maximum atomic E-state index is 12.1. The lowest BCUT2D eigenvalue weighted by Gasteiger charge is -2.15. The summed E-state index contributed by atoms with van der Waals surface area (Å²) in [7, 11) is 0.750. The molecule has 0 aromatic carbocycles. The van der Waals surface area contributed by atoms with Gasteiger partial charge in [0.25, 0.3) is 0 Å². The van der Waals surface area contributed by atoms with Crippen LogP contribution in [0.1, 0.15) is 117 Å². The maximum Gasteiger partial charge on any atom is 0.306 e. The lowest BCUT2D eigenvalue weighted by molar-refractivity contribution is -0.161. The fourth-order valence-electron chi connectivity index (χ4n) is 4.31. The molecule has 6 nitrogen and oxygen atoms in total. The first-order chi connectivity index (χ1) is 26.6. The van der Waals surface area contributed by atoms with Crippen molar-refractivity contribution < 1.29 is 29.3 Å². The van der Waals surface area contributed by atoms with Crippen LogP contribution in [0.15, 0.2) is 146 Å². The van der Waals surface area contributed by atoms with Gasteiger partial charge in [0.15, 0.2) is 6.10 Å². The number of hydrogen-bond acceptors (Lipinski definition) is 5. The van der Waals surface area contributed by atoms with Gasteiger partial charge in [-0.1, -0.05) is 160 Å². The van der Waals surface area contributed by atoms with Crippen LogP contribution < -0.4 is 0 Å². The first-order valence-corrected chi connectivity index (χ1v) is 19.8. The zero-order valence-electron chi connectivity index (χ0n) is 33.7. The summed E-state index contributed by atoms with van der Waals surface area (Å²) in [6.07, 6.45) is 63.5. The third-order valence-electron chi connectivity index (χ3n) is 7.16. The van der Waals surface area contributed by atoms with Crippen LogP contribution in [0.2, 0.25) is 0 Å². The van der Waals surface area contributed by atoms with E-state index in [1.807, 2.05) is 24.3 Å². The first kappa shape index (κ1) is 51.8. The zero-order valence-corrected chi connectivity index (χ0v) is 33.7. The molecule has 0 spiro atoms. The van der Waals surface area contributed by atoms with E-state index in [-0.39, 0.29) is 25.4 Å². The summed E-state index contributed by atoms with van der Waals surface area (Å²) in [5.74, 6) is -0.806. The second-order valence-corrected chi connectivity index (χ2v) is 11.9. The first-order valence-electron chi connectivity index (χ1n) is 19.8. The Morgan fingerprint density at radius 1 is 0.426 bits per heavy atom. The number of esters is 2. The highest BCUT2D eigenvalue weighted by molar-refractivity contribution is 5.70. The monoisotopic (exact) mass is 744 g/mol. The van der Waals surface area contributed by atoms with Crippen molar-refractivity contribution in [1.82, 2.24) is 0 Å². The summed E-state index contributed by atoms with van der Waals surface area (Å²) < 4.78 is 10.5. The molecule has 0 aliphatic carbocycles. The Morgan fingerprint density at radius 3 is 0.963 bits per heavy atom. The van der Waals surface area contributed by atoms with Gasteiger partial charge >= 0.3 is 11.9 Å². The van der Waals surface area contributed by atoms with Crippen molar-refractivity contribution in [3.8, 4) is 0 Å². The van der Waals surface area contributed by atoms with E-state index in [1.165, 1.54) is 0 Å². The Bertz CT molecular complexity index is 1220. The predicted octanol–water partition coefficient (Wildman–Crippen LogP) is 12.4. The molecule has 0 aromatic rings. The van der Waals surface area contributed by atoms with Gasteiger partial charge in [-0.05, 0) is 89.9 Å². The zero-order chi connectivity index (χ0) is 39.8.